The van der Waals surface area contributed by atoms with Gasteiger partial charge in [0.25, 0.3) is 0 Å². The van der Waals surface area contributed by atoms with Gasteiger partial charge >= 0.3 is 0 Å². The van der Waals surface area contributed by atoms with Gasteiger partial charge in [0.2, 0.25) is 0 Å². The zero-order valence-corrected chi connectivity index (χ0v) is 21.6. The van der Waals surface area contributed by atoms with Gasteiger partial charge < -0.3 is 35.2 Å². The number of aliphatic hydroxyl groups is 2. The predicted octanol–water partition coefficient (Wildman–Crippen LogP) is 1.57. The molecule has 0 aliphatic carbocycles. The molecule has 2 aromatic heterocycles. The van der Waals surface area contributed by atoms with Crippen LogP contribution in [-0.4, -0.2) is 81.8 Å². The first-order chi connectivity index (χ1) is 17.3. The van der Waals surface area contributed by atoms with Crippen molar-refractivity contribution in [3.8, 4) is 5.75 Å². The summed E-state index contributed by atoms with van der Waals surface area (Å²) in [5.41, 5.74) is 6.31. The van der Waals surface area contributed by atoms with Crippen molar-refractivity contribution >= 4 is 23.4 Å². The van der Waals surface area contributed by atoms with Crippen molar-refractivity contribution in [3.05, 3.63) is 24.2 Å². The highest BCUT2D eigenvalue weighted by molar-refractivity contribution is 7.99. The van der Waals surface area contributed by atoms with Gasteiger partial charge in [-0.15, -0.1) is 0 Å². The molecule has 0 saturated carbocycles. The number of ether oxygens (including phenoxy) is 2. The molecule has 194 valence electrons. The van der Waals surface area contributed by atoms with Crippen LogP contribution in [0.2, 0.25) is 0 Å². The number of aromatic nitrogens is 3. The van der Waals surface area contributed by atoms with Crippen LogP contribution in [0.3, 0.4) is 0 Å². The van der Waals surface area contributed by atoms with E-state index in [4.69, 9.17) is 25.2 Å². The lowest BCUT2D eigenvalue weighted by Crippen LogP contribution is -2.51. The van der Waals surface area contributed by atoms with Crippen LogP contribution in [0, 0.1) is 5.41 Å². The third kappa shape index (κ3) is 4.10. The maximum absolute atomic E-state index is 10.5. The SMILES string of the molecule is C[C@@H]1OCC2(CCN(c3ncc(Sc4ccnc5c4OC[C@@H]4C[C@](C)(O)CN54)nc3CO)CC2)[C@@H]1N. The van der Waals surface area contributed by atoms with E-state index < -0.39 is 5.60 Å². The van der Waals surface area contributed by atoms with E-state index in [0.29, 0.717) is 42.6 Å². The van der Waals surface area contributed by atoms with E-state index in [0.717, 1.165) is 42.5 Å². The fraction of sp³-hybridized carbons (Fsp3) is 0.640. The number of pyridine rings is 1. The summed E-state index contributed by atoms with van der Waals surface area (Å²) < 4.78 is 12.0. The molecular formula is C25H34N6O4S. The standard InChI is InChI=1S/C25H34N6O4S/c1-15-21(26)25(14-35-15)4-7-30(8-5-25)22-17(11-32)29-19(10-28-22)36-18-3-6-27-23-20(18)34-12-16-9-24(2,33)13-31(16)23/h3,6,10,15-16,21,32-33H,4-5,7-9,11-14,26H2,1-2H3/t15-,16-,21+,24-/m0/s1. The Morgan fingerprint density at radius 3 is 2.78 bits per heavy atom. The fourth-order valence-corrected chi connectivity index (χ4v) is 7.03. The van der Waals surface area contributed by atoms with E-state index >= 15 is 0 Å². The van der Waals surface area contributed by atoms with Crippen LogP contribution in [0.25, 0.3) is 0 Å². The van der Waals surface area contributed by atoms with Crippen LogP contribution in [0.1, 0.15) is 38.8 Å². The van der Waals surface area contributed by atoms with Crippen molar-refractivity contribution in [2.75, 3.05) is 42.6 Å². The summed E-state index contributed by atoms with van der Waals surface area (Å²) in [4.78, 5) is 19.3. The van der Waals surface area contributed by atoms with Gasteiger partial charge in [-0.05, 0) is 32.8 Å². The smallest absolute Gasteiger partial charge is 0.175 e. The number of rotatable bonds is 4. The molecule has 6 rings (SSSR count). The Hall–Kier alpha value is -2.18. The minimum absolute atomic E-state index is 0.0285. The summed E-state index contributed by atoms with van der Waals surface area (Å²) in [5, 5.41) is 21.3. The lowest BCUT2D eigenvalue weighted by Gasteiger charge is -2.41. The van der Waals surface area contributed by atoms with E-state index in [2.05, 4.69) is 21.7 Å². The van der Waals surface area contributed by atoms with E-state index in [1.54, 1.807) is 12.4 Å². The van der Waals surface area contributed by atoms with Gasteiger partial charge in [-0.3, -0.25) is 0 Å². The Kier molecular flexibility index (Phi) is 6.03. The van der Waals surface area contributed by atoms with E-state index in [9.17, 15) is 10.2 Å². The molecule has 6 heterocycles. The highest BCUT2D eigenvalue weighted by Crippen LogP contribution is 2.46. The maximum Gasteiger partial charge on any atom is 0.175 e. The van der Waals surface area contributed by atoms with Crippen LogP contribution >= 0.6 is 11.8 Å². The molecular weight excluding hydrogens is 480 g/mol. The number of fused-ring (bicyclic) bond motifs is 3. The average Bonchev–Trinajstić information content (AvgIpc) is 3.35. The molecule has 1 spiro atoms. The van der Waals surface area contributed by atoms with Gasteiger partial charge in [-0.2, -0.15) is 0 Å². The molecule has 4 atom stereocenters. The highest BCUT2D eigenvalue weighted by atomic mass is 32.2. The zero-order chi connectivity index (χ0) is 25.1. The van der Waals surface area contributed by atoms with Crippen LogP contribution in [0.5, 0.6) is 5.75 Å². The maximum atomic E-state index is 10.5. The summed E-state index contributed by atoms with van der Waals surface area (Å²) in [5.74, 6) is 2.19. The van der Waals surface area contributed by atoms with Crippen molar-refractivity contribution in [1.82, 2.24) is 15.0 Å². The van der Waals surface area contributed by atoms with Gasteiger partial charge in [0.1, 0.15) is 17.3 Å². The fourth-order valence-electron chi connectivity index (χ4n) is 6.17. The van der Waals surface area contributed by atoms with Crippen molar-refractivity contribution in [2.45, 2.75) is 73.4 Å². The van der Waals surface area contributed by atoms with E-state index in [1.807, 2.05) is 13.0 Å². The van der Waals surface area contributed by atoms with Gasteiger partial charge in [0.15, 0.2) is 17.4 Å². The Morgan fingerprint density at radius 1 is 1.25 bits per heavy atom. The van der Waals surface area contributed by atoms with E-state index in [1.165, 1.54) is 11.8 Å². The highest BCUT2D eigenvalue weighted by Gasteiger charge is 2.48. The Labute approximate surface area is 215 Å². The third-order valence-electron chi connectivity index (χ3n) is 8.24. The van der Waals surface area contributed by atoms with Crippen LogP contribution in [0.4, 0.5) is 11.6 Å². The molecule has 4 N–H and O–H groups in total. The number of hydrogen-bond acceptors (Lipinski definition) is 11. The van der Waals surface area contributed by atoms with E-state index in [-0.39, 0.29) is 30.2 Å². The molecule has 10 nitrogen and oxygen atoms in total. The first kappa shape index (κ1) is 24.2. The topological polar surface area (TPSA) is 130 Å². The van der Waals surface area contributed by atoms with Crippen molar-refractivity contribution in [3.63, 3.8) is 0 Å². The molecule has 0 unspecified atom stereocenters. The summed E-state index contributed by atoms with van der Waals surface area (Å²) in [6, 6.07) is 2.08. The molecule has 11 heteroatoms. The zero-order valence-electron chi connectivity index (χ0n) is 20.8. The summed E-state index contributed by atoms with van der Waals surface area (Å²) >= 11 is 1.45. The number of nitrogens with zero attached hydrogens (tertiary/aromatic N) is 5. The molecule has 2 aromatic rings. The Morgan fingerprint density at radius 2 is 2.06 bits per heavy atom. The molecule has 3 saturated heterocycles. The van der Waals surface area contributed by atoms with Gasteiger partial charge in [0.05, 0.1) is 42.1 Å². The number of aliphatic hydroxyl groups excluding tert-OH is 1. The Bertz CT molecular complexity index is 1140. The molecule has 36 heavy (non-hydrogen) atoms. The second-order valence-corrected chi connectivity index (χ2v) is 11.9. The first-order valence-corrected chi connectivity index (χ1v) is 13.5. The van der Waals surface area contributed by atoms with Gasteiger partial charge in [-0.1, -0.05) is 11.8 Å². The monoisotopic (exact) mass is 514 g/mol. The molecule has 0 aromatic carbocycles. The minimum Gasteiger partial charge on any atom is -0.486 e. The second kappa shape index (κ2) is 8.98. The van der Waals surface area contributed by atoms with Crippen molar-refractivity contribution in [1.29, 1.82) is 0 Å². The number of anilines is 2. The molecule has 4 aliphatic rings. The Balaban J connectivity index is 1.20. The van der Waals surface area contributed by atoms with Crippen molar-refractivity contribution < 1.29 is 19.7 Å². The number of piperidine rings is 1. The minimum atomic E-state index is -0.750. The molecule has 0 amide bonds. The third-order valence-corrected chi connectivity index (χ3v) is 9.19. The van der Waals surface area contributed by atoms with Gasteiger partial charge in [0, 0.05) is 43.7 Å². The summed E-state index contributed by atoms with van der Waals surface area (Å²) in [7, 11) is 0. The quantitative estimate of drug-likeness (QED) is 0.550. The molecule has 3 fully saturated rings. The largest absolute Gasteiger partial charge is 0.486 e. The van der Waals surface area contributed by atoms with Crippen molar-refractivity contribution in [2.24, 2.45) is 11.1 Å². The lowest BCUT2D eigenvalue weighted by atomic mass is 9.73. The summed E-state index contributed by atoms with van der Waals surface area (Å²) in [6.07, 6.45) is 6.14. The normalized spacial score (nSPS) is 30.9. The number of nitrogens with two attached hydrogens (primary N) is 1. The summed E-state index contributed by atoms with van der Waals surface area (Å²) in [6.45, 7) is 7.10. The molecule has 0 bridgehead atoms. The molecule has 4 aliphatic heterocycles. The molecule has 0 radical (unpaired) electrons. The lowest BCUT2D eigenvalue weighted by molar-refractivity contribution is 0.0783. The number of hydrogen-bond donors (Lipinski definition) is 3. The average molecular weight is 515 g/mol. The first-order valence-electron chi connectivity index (χ1n) is 12.7. The van der Waals surface area contributed by atoms with Gasteiger partial charge in [-0.25, -0.2) is 15.0 Å². The van der Waals surface area contributed by atoms with Crippen LogP contribution in [0.15, 0.2) is 28.4 Å². The van der Waals surface area contributed by atoms with Crippen LogP contribution in [-0.2, 0) is 11.3 Å². The predicted molar refractivity (Wildman–Crippen MR) is 135 cm³/mol. The second-order valence-electron chi connectivity index (χ2n) is 10.9. The van der Waals surface area contributed by atoms with Crippen LogP contribution < -0.4 is 20.3 Å².